The molecule has 0 spiro atoms. The smallest absolute Gasteiger partial charge is 0.224 e. The Hall–Kier alpha value is -0.830. The van der Waals surface area contributed by atoms with Crippen molar-refractivity contribution in [3.63, 3.8) is 0 Å². The van der Waals surface area contributed by atoms with Crippen molar-refractivity contribution in [3.05, 3.63) is 11.6 Å². The molecule has 1 N–H and O–H groups in total. The maximum absolute atomic E-state index is 11.9. The van der Waals surface area contributed by atoms with Gasteiger partial charge in [-0.1, -0.05) is 25.5 Å². The summed E-state index contributed by atoms with van der Waals surface area (Å²) in [5.74, 6) is 0.670. The van der Waals surface area contributed by atoms with Gasteiger partial charge >= 0.3 is 0 Å². The van der Waals surface area contributed by atoms with Crippen molar-refractivity contribution < 1.29 is 9.53 Å². The van der Waals surface area contributed by atoms with E-state index in [4.69, 9.17) is 4.74 Å². The molecular formula is C13H23NO2. The summed E-state index contributed by atoms with van der Waals surface area (Å²) in [6.07, 6.45) is 2.21. The number of carbonyl (C=O) groups excluding carboxylic acids is 1. The third-order valence-electron chi connectivity index (χ3n) is 3.31. The predicted octanol–water partition coefficient (Wildman–Crippen LogP) is 1.99. The Morgan fingerprint density at radius 3 is 2.56 bits per heavy atom. The van der Waals surface area contributed by atoms with Crippen LogP contribution < -0.4 is 5.32 Å². The number of amides is 1. The molecule has 1 aliphatic rings. The SMILES string of the molecule is COCCNC(=O)[C@@H]1[C@H](C=C(C)C)C1(C)C. The van der Waals surface area contributed by atoms with Crippen molar-refractivity contribution in [1.82, 2.24) is 5.32 Å². The number of allylic oxidation sites excluding steroid dienone is 2. The van der Waals surface area contributed by atoms with Gasteiger partial charge in [0, 0.05) is 13.7 Å². The van der Waals surface area contributed by atoms with Crippen molar-refractivity contribution in [1.29, 1.82) is 0 Å². The highest BCUT2D eigenvalue weighted by molar-refractivity contribution is 5.83. The molecule has 0 radical (unpaired) electrons. The zero-order valence-electron chi connectivity index (χ0n) is 11.0. The highest BCUT2D eigenvalue weighted by atomic mass is 16.5. The van der Waals surface area contributed by atoms with Crippen molar-refractivity contribution in [2.24, 2.45) is 17.3 Å². The van der Waals surface area contributed by atoms with E-state index in [2.05, 4.69) is 39.1 Å². The molecule has 1 rings (SSSR count). The Morgan fingerprint density at radius 2 is 2.06 bits per heavy atom. The van der Waals surface area contributed by atoms with Crippen molar-refractivity contribution >= 4 is 5.91 Å². The van der Waals surface area contributed by atoms with Crippen LogP contribution in [0.5, 0.6) is 0 Å². The lowest BCUT2D eigenvalue weighted by molar-refractivity contribution is -0.123. The van der Waals surface area contributed by atoms with Gasteiger partial charge in [0.15, 0.2) is 0 Å². The molecule has 3 heteroatoms. The lowest BCUT2D eigenvalue weighted by Gasteiger charge is -2.04. The van der Waals surface area contributed by atoms with E-state index < -0.39 is 0 Å². The first-order valence-electron chi connectivity index (χ1n) is 5.83. The van der Waals surface area contributed by atoms with Crippen molar-refractivity contribution in [2.45, 2.75) is 27.7 Å². The van der Waals surface area contributed by atoms with Gasteiger partial charge in [-0.25, -0.2) is 0 Å². The summed E-state index contributed by atoms with van der Waals surface area (Å²) >= 11 is 0. The van der Waals surface area contributed by atoms with Crippen LogP contribution in [0.3, 0.4) is 0 Å². The number of hydrogen-bond donors (Lipinski definition) is 1. The monoisotopic (exact) mass is 225 g/mol. The lowest BCUT2D eigenvalue weighted by atomic mass is 10.1. The molecule has 2 atom stereocenters. The first-order chi connectivity index (χ1) is 7.41. The second-order valence-corrected chi connectivity index (χ2v) is 5.35. The number of carbonyl (C=O) groups is 1. The molecule has 1 amide bonds. The number of ether oxygens (including phenoxy) is 1. The van der Waals surface area contributed by atoms with Gasteiger partial charge in [-0.3, -0.25) is 4.79 Å². The van der Waals surface area contributed by atoms with Gasteiger partial charge in [0.1, 0.15) is 0 Å². The van der Waals surface area contributed by atoms with Crippen LogP contribution in [0.25, 0.3) is 0 Å². The molecular weight excluding hydrogens is 202 g/mol. The first kappa shape index (κ1) is 13.2. The molecule has 16 heavy (non-hydrogen) atoms. The third-order valence-corrected chi connectivity index (χ3v) is 3.31. The number of methoxy groups -OCH3 is 1. The molecule has 3 nitrogen and oxygen atoms in total. The summed E-state index contributed by atoms with van der Waals surface area (Å²) < 4.78 is 4.91. The van der Waals surface area contributed by atoms with E-state index in [0.717, 1.165) is 0 Å². The van der Waals surface area contributed by atoms with Crippen LogP contribution in [0.15, 0.2) is 11.6 Å². The van der Waals surface area contributed by atoms with E-state index in [1.807, 2.05) is 0 Å². The fourth-order valence-electron chi connectivity index (χ4n) is 2.23. The van der Waals surface area contributed by atoms with E-state index in [-0.39, 0.29) is 17.2 Å². The summed E-state index contributed by atoms with van der Waals surface area (Å²) in [5.41, 5.74) is 1.39. The van der Waals surface area contributed by atoms with Gasteiger partial charge in [0.2, 0.25) is 5.91 Å². The van der Waals surface area contributed by atoms with Gasteiger partial charge in [-0.15, -0.1) is 0 Å². The van der Waals surface area contributed by atoms with Gasteiger partial charge in [-0.05, 0) is 25.2 Å². The van der Waals surface area contributed by atoms with Crippen LogP contribution in [-0.2, 0) is 9.53 Å². The summed E-state index contributed by atoms with van der Waals surface area (Å²) in [7, 11) is 1.64. The van der Waals surface area contributed by atoms with Gasteiger partial charge in [-0.2, -0.15) is 0 Å². The van der Waals surface area contributed by atoms with E-state index in [9.17, 15) is 4.79 Å². The molecule has 0 heterocycles. The highest BCUT2D eigenvalue weighted by Gasteiger charge is 2.60. The lowest BCUT2D eigenvalue weighted by Crippen LogP contribution is -2.29. The first-order valence-corrected chi connectivity index (χ1v) is 5.83. The normalized spacial score (nSPS) is 26.1. The largest absolute Gasteiger partial charge is 0.383 e. The maximum atomic E-state index is 11.9. The van der Waals surface area contributed by atoms with Crippen LogP contribution >= 0.6 is 0 Å². The van der Waals surface area contributed by atoms with E-state index in [1.165, 1.54) is 5.57 Å². The van der Waals surface area contributed by atoms with Gasteiger partial charge in [0.05, 0.1) is 12.5 Å². The quantitative estimate of drug-likeness (QED) is 0.574. The van der Waals surface area contributed by atoms with Crippen LogP contribution in [0.1, 0.15) is 27.7 Å². The Kier molecular flexibility index (Phi) is 4.14. The molecule has 0 bridgehead atoms. The Labute approximate surface area is 98.2 Å². The minimum Gasteiger partial charge on any atom is -0.383 e. The molecule has 92 valence electrons. The second kappa shape index (κ2) is 5.00. The zero-order chi connectivity index (χ0) is 12.3. The number of hydrogen-bond acceptors (Lipinski definition) is 2. The molecule has 1 saturated carbocycles. The highest BCUT2D eigenvalue weighted by Crippen LogP contribution is 2.59. The van der Waals surface area contributed by atoms with E-state index in [1.54, 1.807) is 7.11 Å². The third kappa shape index (κ3) is 2.85. The van der Waals surface area contributed by atoms with Crippen LogP contribution in [0, 0.1) is 17.3 Å². The van der Waals surface area contributed by atoms with Crippen molar-refractivity contribution in [3.8, 4) is 0 Å². The molecule has 1 fully saturated rings. The average Bonchev–Trinajstić information content (AvgIpc) is 2.67. The summed E-state index contributed by atoms with van der Waals surface area (Å²) in [5, 5.41) is 2.91. The minimum atomic E-state index is 0.106. The molecule has 0 unspecified atom stereocenters. The Bertz CT molecular complexity index is 290. The van der Waals surface area contributed by atoms with Crippen molar-refractivity contribution in [2.75, 3.05) is 20.3 Å². The standard InChI is InChI=1S/C13H23NO2/c1-9(2)8-10-11(13(10,3)4)12(15)14-6-7-16-5/h8,10-11H,6-7H2,1-5H3,(H,14,15)/t10-,11-/m0/s1. The minimum absolute atomic E-state index is 0.106. The molecule has 0 aliphatic heterocycles. The number of nitrogens with one attached hydrogen (secondary N) is 1. The molecule has 0 saturated heterocycles. The van der Waals surface area contributed by atoms with Gasteiger partial charge in [0.25, 0.3) is 0 Å². The second-order valence-electron chi connectivity index (χ2n) is 5.35. The fraction of sp³-hybridized carbons (Fsp3) is 0.769. The predicted molar refractivity (Wildman–Crippen MR) is 65.1 cm³/mol. The zero-order valence-corrected chi connectivity index (χ0v) is 11.0. The van der Waals surface area contributed by atoms with E-state index in [0.29, 0.717) is 19.1 Å². The van der Waals surface area contributed by atoms with E-state index >= 15 is 0 Å². The summed E-state index contributed by atoms with van der Waals surface area (Å²) in [4.78, 5) is 11.9. The Balaban J connectivity index is 2.49. The average molecular weight is 225 g/mol. The molecule has 0 aromatic carbocycles. The topological polar surface area (TPSA) is 38.3 Å². The van der Waals surface area contributed by atoms with Crippen LogP contribution in [0.2, 0.25) is 0 Å². The van der Waals surface area contributed by atoms with Crippen LogP contribution in [-0.4, -0.2) is 26.2 Å². The fourth-order valence-corrected chi connectivity index (χ4v) is 2.23. The maximum Gasteiger partial charge on any atom is 0.224 e. The molecule has 0 aromatic rings. The summed E-state index contributed by atoms with van der Waals surface area (Å²) in [6.45, 7) is 9.63. The van der Waals surface area contributed by atoms with Gasteiger partial charge < -0.3 is 10.1 Å². The van der Waals surface area contributed by atoms with Crippen LogP contribution in [0.4, 0.5) is 0 Å². The molecule has 0 aromatic heterocycles. The molecule has 1 aliphatic carbocycles. The number of rotatable bonds is 5. The summed E-state index contributed by atoms with van der Waals surface area (Å²) in [6, 6.07) is 0. The Morgan fingerprint density at radius 1 is 1.44 bits per heavy atom.